The normalized spacial score (nSPS) is 27.8. The first kappa shape index (κ1) is 8.03. The van der Waals surface area contributed by atoms with E-state index in [1.54, 1.807) is 6.20 Å². The molecule has 1 aromatic heterocycles. The SMILES string of the molecule is COC(=O)c1cnn2c1C1CC1CC2. The smallest absolute Gasteiger partial charge is 0.341 e. The van der Waals surface area contributed by atoms with Crippen LogP contribution < -0.4 is 0 Å². The Labute approximate surface area is 81.9 Å². The molecule has 1 aliphatic carbocycles. The van der Waals surface area contributed by atoms with Gasteiger partial charge < -0.3 is 4.74 Å². The number of ether oxygens (including phenoxy) is 1. The van der Waals surface area contributed by atoms with E-state index in [2.05, 4.69) is 5.10 Å². The van der Waals surface area contributed by atoms with Crippen LogP contribution in [-0.2, 0) is 11.3 Å². The number of carbonyl (C=O) groups excluding carboxylic acids is 1. The molecule has 2 aliphatic rings. The highest BCUT2D eigenvalue weighted by Crippen LogP contribution is 2.53. The van der Waals surface area contributed by atoms with Crippen LogP contribution in [0.2, 0.25) is 0 Å². The van der Waals surface area contributed by atoms with Crippen LogP contribution >= 0.6 is 0 Å². The monoisotopic (exact) mass is 192 g/mol. The zero-order chi connectivity index (χ0) is 9.71. The summed E-state index contributed by atoms with van der Waals surface area (Å²) in [4.78, 5) is 11.4. The Morgan fingerprint density at radius 2 is 2.57 bits per heavy atom. The second-order valence-electron chi connectivity index (χ2n) is 4.05. The van der Waals surface area contributed by atoms with Gasteiger partial charge in [-0.2, -0.15) is 5.10 Å². The van der Waals surface area contributed by atoms with Crippen LogP contribution in [0.25, 0.3) is 0 Å². The van der Waals surface area contributed by atoms with Gasteiger partial charge in [0.25, 0.3) is 0 Å². The number of hydrogen-bond donors (Lipinski definition) is 0. The average molecular weight is 192 g/mol. The minimum Gasteiger partial charge on any atom is -0.465 e. The Morgan fingerprint density at radius 1 is 1.71 bits per heavy atom. The van der Waals surface area contributed by atoms with Crippen LogP contribution in [-0.4, -0.2) is 22.9 Å². The highest BCUT2D eigenvalue weighted by Gasteiger charge is 2.45. The first-order valence-corrected chi connectivity index (χ1v) is 4.95. The van der Waals surface area contributed by atoms with Gasteiger partial charge in [0, 0.05) is 12.5 Å². The van der Waals surface area contributed by atoms with E-state index in [0.29, 0.717) is 11.5 Å². The number of methoxy groups -OCH3 is 1. The lowest BCUT2D eigenvalue weighted by molar-refractivity contribution is 0.0599. The summed E-state index contributed by atoms with van der Waals surface area (Å²) in [7, 11) is 1.42. The second-order valence-corrected chi connectivity index (χ2v) is 4.05. The van der Waals surface area contributed by atoms with Crippen LogP contribution in [0.3, 0.4) is 0 Å². The van der Waals surface area contributed by atoms with E-state index in [1.165, 1.54) is 20.0 Å². The molecular formula is C10H12N2O2. The molecular weight excluding hydrogens is 180 g/mol. The van der Waals surface area contributed by atoms with Crippen molar-refractivity contribution < 1.29 is 9.53 Å². The van der Waals surface area contributed by atoms with Crippen molar-refractivity contribution >= 4 is 5.97 Å². The number of fused-ring (bicyclic) bond motifs is 3. The summed E-state index contributed by atoms with van der Waals surface area (Å²) >= 11 is 0. The van der Waals surface area contributed by atoms with Gasteiger partial charge in [0.2, 0.25) is 0 Å². The van der Waals surface area contributed by atoms with E-state index in [9.17, 15) is 4.79 Å². The predicted octanol–water partition coefficient (Wildman–Crippen LogP) is 1.18. The minimum absolute atomic E-state index is 0.251. The fourth-order valence-corrected chi connectivity index (χ4v) is 2.42. The van der Waals surface area contributed by atoms with Gasteiger partial charge in [0.15, 0.2) is 0 Å². The van der Waals surface area contributed by atoms with Gasteiger partial charge in [0.05, 0.1) is 19.0 Å². The van der Waals surface area contributed by atoms with Gasteiger partial charge in [-0.15, -0.1) is 0 Å². The maximum absolute atomic E-state index is 11.4. The number of nitrogens with zero attached hydrogens (tertiary/aromatic N) is 2. The zero-order valence-electron chi connectivity index (χ0n) is 8.06. The molecule has 0 radical (unpaired) electrons. The summed E-state index contributed by atoms with van der Waals surface area (Å²) in [6, 6.07) is 0. The molecule has 1 fully saturated rings. The van der Waals surface area contributed by atoms with E-state index in [-0.39, 0.29) is 5.97 Å². The summed E-state index contributed by atoms with van der Waals surface area (Å²) in [5.41, 5.74) is 1.77. The van der Waals surface area contributed by atoms with Gasteiger partial charge in [0.1, 0.15) is 5.56 Å². The molecule has 0 aromatic carbocycles. The zero-order valence-corrected chi connectivity index (χ0v) is 8.06. The van der Waals surface area contributed by atoms with Crippen molar-refractivity contribution in [3.63, 3.8) is 0 Å². The van der Waals surface area contributed by atoms with E-state index >= 15 is 0 Å². The minimum atomic E-state index is -0.251. The predicted molar refractivity (Wildman–Crippen MR) is 49.0 cm³/mol. The lowest BCUT2D eigenvalue weighted by Gasteiger charge is -2.13. The number of carbonyl (C=O) groups is 1. The number of aryl methyl sites for hydroxylation is 1. The van der Waals surface area contributed by atoms with Gasteiger partial charge in [-0.3, -0.25) is 4.68 Å². The van der Waals surface area contributed by atoms with Crippen molar-refractivity contribution in [3.8, 4) is 0 Å². The molecule has 0 amide bonds. The average Bonchev–Trinajstić information content (AvgIpc) is 2.88. The maximum Gasteiger partial charge on any atom is 0.341 e. The Balaban J connectivity index is 2.06. The first-order chi connectivity index (χ1) is 6.81. The number of rotatable bonds is 1. The van der Waals surface area contributed by atoms with Crippen LogP contribution in [0.15, 0.2) is 6.20 Å². The molecule has 4 nitrogen and oxygen atoms in total. The third-order valence-electron chi connectivity index (χ3n) is 3.27. The summed E-state index contributed by atoms with van der Waals surface area (Å²) < 4.78 is 6.69. The third kappa shape index (κ3) is 0.937. The fourth-order valence-electron chi connectivity index (χ4n) is 2.42. The molecule has 0 saturated heterocycles. The van der Waals surface area contributed by atoms with E-state index in [1.807, 2.05) is 4.68 Å². The quantitative estimate of drug-likeness (QED) is 0.627. The Kier molecular flexibility index (Phi) is 1.48. The molecule has 1 aliphatic heterocycles. The summed E-state index contributed by atoms with van der Waals surface area (Å²) in [5.74, 6) is 1.11. The lowest BCUT2D eigenvalue weighted by Crippen LogP contribution is -2.13. The molecule has 0 N–H and O–H groups in total. The molecule has 14 heavy (non-hydrogen) atoms. The highest BCUT2D eigenvalue weighted by molar-refractivity contribution is 5.90. The van der Waals surface area contributed by atoms with Crippen LogP contribution in [0, 0.1) is 5.92 Å². The molecule has 74 valence electrons. The number of hydrogen-bond acceptors (Lipinski definition) is 3. The van der Waals surface area contributed by atoms with E-state index < -0.39 is 0 Å². The van der Waals surface area contributed by atoms with Gasteiger partial charge in [-0.1, -0.05) is 0 Å². The second kappa shape index (κ2) is 2.59. The van der Waals surface area contributed by atoms with Crippen molar-refractivity contribution in [2.45, 2.75) is 25.3 Å². The number of esters is 1. The van der Waals surface area contributed by atoms with Gasteiger partial charge >= 0.3 is 5.97 Å². The number of aromatic nitrogens is 2. The summed E-state index contributed by atoms with van der Waals surface area (Å²) in [5, 5.41) is 4.22. The molecule has 0 bridgehead atoms. The van der Waals surface area contributed by atoms with Crippen LogP contribution in [0.5, 0.6) is 0 Å². The summed E-state index contributed by atoms with van der Waals surface area (Å²) in [6.45, 7) is 0.952. The fraction of sp³-hybridized carbons (Fsp3) is 0.600. The maximum atomic E-state index is 11.4. The molecule has 1 saturated carbocycles. The molecule has 2 atom stereocenters. The molecule has 2 unspecified atom stereocenters. The van der Waals surface area contributed by atoms with Crippen molar-refractivity contribution in [1.29, 1.82) is 0 Å². The van der Waals surface area contributed by atoms with Gasteiger partial charge in [-0.25, -0.2) is 4.79 Å². The van der Waals surface area contributed by atoms with Crippen LogP contribution in [0.4, 0.5) is 0 Å². The standard InChI is InChI=1S/C10H12N2O2/c1-14-10(13)8-5-11-12-3-2-6-4-7(6)9(8)12/h5-7H,2-4H2,1H3. The molecule has 4 heteroatoms. The Morgan fingerprint density at radius 3 is 3.36 bits per heavy atom. The van der Waals surface area contributed by atoms with Gasteiger partial charge in [-0.05, 0) is 18.8 Å². The largest absolute Gasteiger partial charge is 0.465 e. The third-order valence-corrected chi connectivity index (χ3v) is 3.27. The molecule has 3 rings (SSSR count). The Bertz CT molecular complexity index is 397. The van der Waals surface area contributed by atoms with Crippen molar-refractivity contribution in [3.05, 3.63) is 17.5 Å². The first-order valence-electron chi connectivity index (χ1n) is 4.95. The van der Waals surface area contributed by atoms with E-state index in [4.69, 9.17) is 4.74 Å². The van der Waals surface area contributed by atoms with Crippen molar-refractivity contribution in [2.24, 2.45) is 5.92 Å². The highest BCUT2D eigenvalue weighted by atomic mass is 16.5. The van der Waals surface area contributed by atoms with Crippen molar-refractivity contribution in [1.82, 2.24) is 9.78 Å². The van der Waals surface area contributed by atoms with E-state index in [0.717, 1.165) is 18.2 Å². The lowest BCUT2D eigenvalue weighted by atomic mass is 10.1. The summed E-state index contributed by atoms with van der Waals surface area (Å²) in [6.07, 6.45) is 4.07. The topological polar surface area (TPSA) is 44.1 Å². The Hall–Kier alpha value is -1.32. The van der Waals surface area contributed by atoms with Crippen LogP contribution in [0.1, 0.15) is 34.8 Å². The van der Waals surface area contributed by atoms with Crippen molar-refractivity contribution in [2.75, 3.05) is 7.11 Å². The molecule has 1 aromatic rings. The molecule has 2 heterocycles. The molecule has 0 spiro atoms.